The first-order valence-electron chi connectivity index (χ1n) is 3.80. The SMILES string of the molecule is O=S(=O)([O-])C(O)CCCC(O)S(=O)(=O)[O-].[Na+]. The van der Waals surface area contributed by atoms with E-state index in [2.05, 4.69) is 0 Å². The van der Waals surface area contributed by atoms with Crippen molar-refractivity contribution in [1.29, 1.82) is 0 Å². The van der Waals surface area contributed by atoms with Crippen LogP contribution in [0.5, 0.6) is 0 Å². The molecule has 92 valence electrons. The predicted octanol–water partition coefficient (Wildman–Crippen LogP) is -5.11. The smallest absolute Gasteiger partial charge is 0.746 e. The van der Waals surface area contributed by atoms with Gasteiger partial charge in [0, 0.05) is 0 Å². The van der Waals surface area contributed by atoms with Crippen LogP contribution in [0.1, 0.15) is 19.3 Å². The van der Waals surface area contributed by atoms with Crippen molar-refractivity contribution in [3.05, 3.63) is 0 Å². The van der Waals surface area contributed by atoms with Gasteiger partial charge in [0.05, 0.1) is 0 Å². The van der Waals surface area contributed by atoms with Crippen LogP contribution in [0.2, 0.25) is 0 Å². The van der Waals surface area contributed by atoms with Crippen molar-refractivity contribution in [2.75, 3.05) is 0 Å². The van der Waals surface area contributed by atoms with Crippen LogP contribution >= 0.6 is 0 Å². The molecule has 16 heavy (non-hydrogen) atoms. The topological polar surface area (TPSA) is 155 Å². The molecule has 0 fully saturated rings. The summed E-state index contributed by atoms with van der Waals surface area (Å²) in [5, 5.41) is 17.4. The second kappa shape index (κ2) is 7.24. The summed E-state index contributed by atoms with van der Waals surface area (Å²) in [6.07, 6.45) is -1.33. The fourth-order valence-electron chi connectivity index (χ4n) is 0.756. The normalized spacial score (nSPS) is 16.2. The molecule has 0 aromatic heterocycles. The second-order valence-corrected chi connectivity index (χ2v) is 5.89. The first-order chi connectivity index (χ1) is 6.55. The van der Waals surface area contributed by atoms with Gasteiger partial charge in [-0.15, -0.1) is 0 Å². The largest absolute Gasteiger partial charge is 1.00 e. The van der Waals surface area contributed by atoms with E-state index in [1.54, 1.807) is 0 Å². The summed E-state index contributed by atoms with van der Waals surface area (Å²) in [6, 6.07) is 0. The molecule has 0 aliphatic heterocycles. The van der Waals surface area contributed by atoms with Gasteiger partial charge in [-0.3, -0.25) is 0 Å². The molecule has 0 radical (unpaired) electrons. The van der Waals surface area contributed by atoms with E-state index in [0.717, 1.165) is 0 Å². The fourth-order valence-corrected chi connectivity index (χ4v) is 1.67. The van der Waals surface area contributed by atoms with Gasteiger partial charge >= 0.3 is 29.6 Å². The van der Waals surface area contributed by atoms with E-state index in [1.807, 2.05) is 0 Å². The fraction of sp³-hybridized carbons (Fsp3) is 1.00. The molecule has 0 heterocycles. The number of hydrogen-bond donors (Lipinski definition) is 2. The number of aliphatic hydroxyl groups excluding tert-OH is 2. The molecule has 2 atom stereocenters. The van der Waals surface area contributed by atoms with Crippen molar-refractivity contribution < 1.29 is 65.7 Å². The quantitative estimate of drug-likeness (QED) is 0.362. The molecule has 0 aliphatic carbocycles. The molecule has 0 rings (SSSR count). The van der Waals surface area contributed by atoms with E-state index >= 15 is 0 Å². The van der Waals surface area contributed by atoms with Crippen molar-refractivity contribution >= 4 is 20.2 Å². The molecule has 0 aromatic carbocycles. The van der Waals surface area contributed by atoms with Gasteiger partial charge in [-0.2, -0.15) is 0 Å². The first-order valence-corrected chi connectivity index (χ1v) is 6.75. The third kappa shape index (κ3) is 7.92. The molecule has 11 heteroatoms. The van der Waals surface area contributed by atoms with E-state index in [4.69, 9.17) is 10.2 Å². The Morgan fingerprint density at radius 2 is 1.12 bits per heavy atom. The van der Waals surface area contributed by atoms with Gasteiger partial charge < -0.3 is 19.3 Å². The van der Waals surface area contributed by atoms with Crippen LogP contribution in [0.4, 0.5) is 0 Å². The van der Waals surface area contributed by atoms with Crippen LogP contribution < -0.4 is 29.6 Å². The number of rotatable bonds is 6. The van der Waals surface area contributed by atoms with Gasteiger partial charge in [0.25, 0.3) is 0 Å². The van der Waals surface area contributed by atoms with Gasteiger partial charge in [0.2, 0.25) is 0 Å². The summed E-state index contributed by atoms with van der Waals surface area (Å²) in [6.45, 7) is 0. The standard InChI is InChI=1S/C5H12O8S2.Na/c6-4(14(8,9)10)2-1-3-5(7)15(11,12)13;/h4-7H,1-3H2,(H,8,9,10)(H,11,12,13);/q;+1/p-2. The van der Waals surface area contributed by atoms with E-state index in [0.29, 0.717) is 0 Å². The van der Waals surface area contributed by atoms with Crippen molar-refractivity contribution in [3.63, 3.8) is 0 Å². The Balaban J connectivity index is 0. The molecule has 2 unspecified atom stereocenters. The monoisotopic (exact) mass is 285 g/mol. The molecule has 0 amide bonds. The molecule has 2 N–H and O–H groups in total. The van der Waals surface area contributed by atoms with Gasteiger partial charge in [-0.05, 0) is 19.3 Å². The summed E-state index contributed by atoms with van der Waals surface area (Å²) >= 11 is 0. The number of hydrogen-bond acceptors (Lipinski definition) is 8. The first kappa shape index (κ1) is 19.1. The van der Waals surface area contributed by atoms with Crippen LogP contribution in [-0.4, -0.2) is 47.0 Å². The van der Waals surface area contributed by atoms with E-state index in [-0.39, 0.29) is 36.0 Å². The van der Waals surface area contributed by atoms with E-state index < -0.39 is 43.9 Å². The molecule has 8 nitrogen and oxygen atoms in total. The average Bonchev–Trinajstić information content (AvgIpc) is 2.00. The summed E-state index contributed by atoms with van der Waals surface area (Å²) in [4.78, 5) is 0. The van der Waals surface area contributed by atoms with Crippen molar-refractivity contribution in [3.8, 4) is 0 Å². The molecular weight excluding hydrogens is 275 g/mol. The van der Waals surface area contributed by atoms with E-state index in [9.17, 15) is 25.9 Å². The maximum atomic E-state index is 10.2. The maximum Gasteiger partial charge on any atom is 1.00 e. The summed E-state index contributed by atoms with van der Waals surface area (Å²) < 4.78 is 60.9. The zero-order valence-corrected chi connectivity index (χ0v) is 12.1. The van der Waals surface area contributed by atoms with Gasteiger partial charge in [0.1, 0.15) is 31.1 Å². The molecule has 0 aliphatic rings. The van der Waals surface area contributed by atoms with Gasteiger partial charge in [0.15, 0.2) is 0 Å². The zero-order valence-electron chi connectivity index (χ0n) is 8.44. The van der Waals surface area contributed by atoms with E-state index in [1.165, 1.54) is 0 Å². The Morgan fingerprint density at radius 1 is 0.875 bits per heavy atom. The molecule has 0 aromatic rings. The van der Waals surface area contributed by atoms with Crippen molar-refractivity contribution in [2.45, 2.75) is 30.1 Å². The van der Waals surface area contributed by atoms with Crippen LogP contribution in [0.15, 0.2) is 0 Å². The summed E-state index contributed by atoms with van der Waals surface area (Å²) in [5.74, 6) is 0. The average molecular weight is 285 g/mol. The van der Waals surface area contributed by atoms with Crippen LogP contribution in [0, 0.1) is 0 Å². The van der Waals surface area contributed by atoms with Crippen molar-refractivity contribution in [1.82, 2.24) is 0 Å². The minimum absolute atomic E-state index is 0. The minimum Gasteiger partial charge on any atom is -0.746 e. The molecule has 0 saturated carbocycles. The summed E-state index contributed by atoms with van der Waals surface area (Å²) in [7, 11) is -9.68. The minimum atomic E-state index is -4.84. The van der Waals surface area contributed by atoms with Crippen LogP contribution in [-0.2, 0) is 20.2 Å². The molecule has 0 spiro atoms. The Labute approximate surface area is 115 Å². The summed E-state index contributed by atoms with van der Waals surface area (Å²) in [5.41, 5.74) is -4.31. The Morgan fingerprint density at radius 3 is 1.31 bits per heavy atom. The third-order valence-electron chi connectivity index (χ3n) is 1.57. The molecule has 0 bridgehead atoms. The Hall–Kier alpha value is 0.740. The maximum absolute atomic E-state index is 10.2. The van der Waals surface area contributed by atoms with Gasteiger partial charge in [-0.1, -0.05) is 0 Å². The Bertz CT molecular complexity index is 349. The third-order valence-corrected chi connectivity index (χ3v) is 3.37. The number of aliphatic hydroxyl groups is 2. The zero-order chi connectivity index (χ0) is 12.3. The Kier molecular flexibility index (Phi) is 8.63. The van der Waals surface area contributed by atoms with Gasteiger partial charge in [-0.25, -0.2) is 16.8 Å². The van der Waals surface area contributed by atoms with Crippen molar-refractivity contribution in [2.24, 2.45) is 0 Å². The molecule has 0 saturated heterocycles. The predicted molar refractivity (Wildman–Crippen MR) is 45.3 cm³/mol. The molecular formula is C5H10NaO8S2-. The second-order valence-electron chi connectivity index (χ2n) is 2.83. The van der Waals surface area contributed by atoms with Crippen LogP contribution in [0.3, 0.4) is 0 Å². The van der Waals surface area contributed by atoms with Crippen LogP contribution in [0.25, 0.3) is 0 Å².